The summed E-state index contributed by atoms with van der Waals surface area (Å²) in [6, 6.07) is 13.1. The minimum Gasteiger partial charge on any atom is -0.484 e. The number of hydrogen-bond donors (Lipinski definition) is 1. The summed E-state index contributed by atoms with van der Waals surface area (Å²) in [5, 5.41) is 8.37. The summed E-state index contributed by atoms with van der Waals surface area (Å²) in [6.45, 7) is 4.07. The highest BCUT2D eigenvalue weighted by atomic mass is 35.5. The van der Waals surface area contributed by atoms with E-state index in [0.717, 1.165) is 34.3 Å². The van der Waals surface area contributed by atoms with Crippen LogP contribution in [0.2, 0.25) is 5.02 Å². The zero-order valence-corrected chi connectivity index (χ0v) is 17.2. The van der Waals surface area contributed by atoms with Crippen molar-refractivity contribution in [3.05, 3.63) is 69.9 Å². The van der Waals surface area contributed by atoms with Gasteiger partial charge in [0.15, 0.2) is 6.61 Å². The number of ether oxygens (including phenoxy) is 1. The molecule has 2 heterocycles. The summed E-state index contributed by atoms with van der Waals surface area (Å²) in [6.07, 6.45) is 0. The normalized spacial score (nSPS) is 12.7. The maximum Gasteiger partial charge on any atom is 0.263 e. The van der Waals surface area contributed by atoms with E-state index in [2.05, 4.69) is 31.3 Å². The molecule has 0 saturated heterocycles. The fourth-order valence-electron chi connectivity index (χ4n) is 3.03. The van der Waals surface area contributed by atoms with E-state index in [4.69, 9.17) is 21.4 Å². The quantitative estimate of drug-likeness (QED) is 0.645. The molecule has 144 valence electrons. The minimum atomic E-state index is -0.223. The van der Waals surface area contributed by atoms with Gasteiger partial charge in [0.1, 0.15) is 11.6 Å². The van der Waals surface area contributed by atoms with E-state index < -0.39 is 0 Å². The number of hydrogen-bond acceptors (Lipinski definition) is 4. The fraction of sp³-hybridized carbons (Fsp3) is 0.238. The average Bonchev–Trinajstić information content (AvgIpc) is 3.26. The van der Waals surface area contributed by atoms with Gasteiger partial charge in [0.25, 0.3) is 5.91 Å². The lowest BCUT2D eigenvalue weighted by Crippen LogP contribution is -2.22. The van der Waals surface area contributed by atoms with Gasteiger partial charge in [-0.1, -0.05) is 17.7 Å². The van der Waals surface area contributed by atoms with Gasteiger partial charge in [0, 0.05) is 22.1 Å². The van der Waals surface area contributed by atoms with Crippen LogP contribution in [0.1, 0.15) is 22.4 Å². The predicted molar refractivity (Wildman–Crippen MR) is 114 cm³/mol. The maximum atomic E-state index is 12.5. The van der Waals surface area contributed by atoms with Crippen LogP contribution in [0.25, 0.3) is 5.69 Å². The Bertz CT molecular complexity index is 1030. The van der Waals surface area contributed by atoms with E-state index in [1.54, 1.807) is 36.0 Å². The second kappa shape index (κ2) is 7.89. The van der Waals surface area contributed by atoms with Gasteiger partial charge in [0.2, 0.25) is 0 Å². The van der Waals surface area contributed by atoms with Crippen LogP contribution in [0.3, 0.4) is 0 Å². The molecule has 0 spiro atoms. The monoisotopic (exact) mass is 413 g/mol. The van der Waals surface area contributed by atoms with Crippen molar-refractivity contribution in [2.75, 3.05) is 11.9 Å². The lowest BCUT2D eigenvalue weighted by Gasteiger charge is -2.13. The highest BCUT2D eigenvalue weighted by molar-refractivity contribution is 7.98. The minimum absolute atomic E-state index is 0.0817. The van der Waals surface area contributed by atoms with Crippen molar-refractivity contribution in [1.29, 1.82) is 0 Å². The predicted octanol–water partition coefficient (Wildman–Crippen LogP) is 4.91. The van der Waals surface area contributed by atoms with Crippen LogP contribution in [0.4, 0.5) is 5.82 Å². The molecule has 1 aliphatic rings. The topological polar surface area (TPSA) is 56.2 Å². The van der Waals surface area contributed by atoms with Crippen LogP contribution in [-0.4, -0.2) is 22.3 Å². The largest absolute Gasteiger partial charge is 0.484 e. The molecule has 1 amide bonds. The fourth-order valence-corrected chi connectivity index (χ4v) is 4.19. The van der Waals surface area contributed by atoms with E-state index in [9.17, 15) is 4.79 Å². The molecule has 0 fully saturated rings. The van der Waals surface area contributed by atoms with Crippen LogP contribution in [-0.2, 0) is 16.3 Å². The van der Waals surface area contributed by atoms with E-state index in [1.807, 2.05) is 10.7 Å². The third kappa shape index (κ3) is 3.88. The van der Waals surface area contributed by atoms with Crippen LogP contribution < -0.4 is 10.1 Å². The zero-order chi connectivity index (χ0) is 19.7. The molecule has 0 unspecified atom stereocenters. The lowest BCUT2D eigenvalue weighted by molar-refractivity contribution is -0.118. The standard InChI is InChI=1S/C21H20ClN3O2S/c1-13-3-6-16(9-14(13)2)25-21(18-11-28-12-19(18)24-25)23-20(26)10-27-17-7-4-15(22)5-8-17/h3-9H,10-12H2,1-2H3,(H,23,26). The molecule has 28 heavy (non-hydrogen) atoms. The summed E-state index contributed by atoms with van der Waals surface area (Å²) in [5.41, 5.74) is 5.46. The van der Waals surface area contributed by atoms with E-state index in [1.165, 1.54) is 11.1 Å². The second-order valence-electron chi connectivity index (χ2n) is 6.74. The number of benzene rings is 2. The molecule has 3 aromatic rings. The number of aryl methyl sites for hydroxylation is 2. The number of aromatic nitrogens is 2. The van der Waals surface area contributed by atoms with E-state index >= 15 is 0 Å². The summed E-state index contributed by atoms with van der Waals surface area (Å²) in [4.78, 5) is 12.5. The average molecular weight is 414 g/mol. The molecule has 2 aromatic carbocycles. The third-order valence-electron chi connectivity index (χ3n) is 4.73. The number of nitrogens with zero attached hydrogens (tertiary/aromatic N) is 2. The molecule has 7 heteroatoms. The third-order valence-corrected chi connectivity index (χ3v) is 5.95. The number of nitrogens with one attached hydrogen (secondary N) is 1. The van der Waals surface area contributed by atoms with Crippen molar-refractivity contribution in [2.45, 2.75) is 25.4 Å². The number of rotatable bonds is 5. The molecule has 1 N–H and O–H groups in total. The van der Waals surface area contributed by atoms with Crippen molar-refractivity contribution >= 4 is 35.1 Å². The molecule has 0 saturated carbocycles. The van der Waals surface area contributed by atoms with Crippen molar-refractivity contribution in [2.24, 2.45) is 0 Å². The first-order chi connectivity index (χ1) is 13.5. The molecule has 4 rings (SSSR count). The summed E-state index contributed by atoms with van der Waals surface area (Å²) < 4.78 is 7.40. The Morgan fingerprint density at radius 3 is 2.71 bits per heavy atom. The molecule has 1 aromatic heterocycles. The molecular formula is C21H20ClN3O2S. The van der Waals surface area contributed by atoms with Gasteiger partial charge in [-0.05, 0) is 61.4 Å². The first kappa shape index (κ1) is 18.9. The highest BCUT2D eigenvalue weighted by Crippen LogP contribution is 2.36. The van der Waals surface area contributed by atoms with Gasteiger partial charge in [0.05, 0.1) is 11.4 Å². The van der Waals surface area contributed by atoms with Gasteiger partial charge in [-0.2, -0.15) is 16.9 Å². The molecule has 0 radical (unpaired) electrons. The number of thioether (sulfide) groups is 1. The molecule has 0 bridgehead atoms. The van der Waals surface area contributed by atoms with E-state index in [0.29, 0.717) is 10.8 Å². The van der Waals surface area contributed by atoms with Crippen LogP contribution in [0, 0.1) is 13.8 Å². The summed E-state index contributed by atoms with van der Waals surface area (Å²) in [7, 11) is 0. The van der Waals surface area contributed by atoms with Crippen LogP contribution in [0.15, 0.2) is 42.5 Å². The molecular weight excluding hydrogens is 394 g/mol. The van der Waals surface area contributed by atoms with Crippen LogP contribution >= 0.6 is 23.4 Å². The highest BCUT2D eigenvalue weighted by Gasteiger charge is 2.25. The smallest absolute Gasteiger partial charge is 0.263 e. The van der Waals surface area contributed by atoms with Gasteiger partial charge in [-0.25, -0.2) is 4.68 Å². The molecule has 1 aliphatic heterocycles. The van der Waals surface area contributed by atoms with Gasteiger partial charge in [-0.15, -0.1) is 0 Å². The Labute approximate surface area is 173 Å². The Kier molecular flexibility index (Phi) is 5.33. The number of amides is 1. The lowest BCUT2D eigenvalue weighted by atomic mass is 10.1. The van der Waals surface area contributed by atoms with Crippen molar-refractivity contribution in [3.63, 3.8) is 0 Å². The van der Waals surface area contributed by atoms with E-state index in [-0.39, 0.29) is 12.5 Å². The van der Waals surface area contributed by atoms with Crippen LogP contribution in [0.5, 0.6) is 5.75 Å². The summed E-state index contributed by atoms with van der Waals surface area (Å²) in [5.74, 6) is 2.81. The Morgan fingerprint density at radius 1 is 1.18 bits per heavy atom. The van der Waals surface area contributed by atoms with Gasteiger partial charge >= 0.3 is 0 Å². The number of halogens is 1. The Hall–Kier alpha value is -2.44. The zero-order valence-electron chi connectivity index (χ0n) is 15.7. The van der Waals surface area contributed by atoms with Gasteiger partial charge < -0.3 is 10.1 Å². The van der Waals surface area contributed by atoms with Crippen molar-refractivity contribution in [3.8, 4) is 11.4 Å². The second-order valence-corrected chi connectivity index (χ2v) is 8.16. The molecule has 0 atom stereocenters. The molecule has 5 nitrogen and oxygen atoms in total. The number of carbonyl (C=O) groups is 1. The molecule has 0 aliphatic carbocycles. The number of fused-ring (bicyclic) bond motifs is 1. The Balaban J connectivity index is 1.55. The first-order valence-electron chi connectivity index (χ1n) is 8.95. The Morgan fingerprint density at radius 2 is 1.96 bits per heavy atom. The van der Waals surface area contributed by atoms with Crippen molar-refractivity contribution < 1.29 is 9.53 Å². The van der Waals surface area contributed by atoms with Gasteiger partial charge in [-0.3, -0.25) is 4.79 Å². The maximum absolute atomic E-state index is 12.5. The summed E-state index contributed by atoms with van der Waals surface area (Å²) >= 11 is 7.67. The SMILES string of the molecule is Cc1ccc(-n2nc3c(c2NC(=O)COc2ccc(Cl)cc2)CSC3)cc1C. The van der Waals surface area contributed by atoms with Crippen molar-refractivity contribution in [1.82, 2.24) is 9.78 Å². The number of anilines is 1. The first-order valence-corrected chi connectivity index (χ1v) is 10.5. The number of carbonyl (C=O) groups excluding carboxylic acids is 1.